The molecule has 0 aliphatic heterocycles. The maximum absolute atomic E-state index is 11.7. The van der Waals surface area contributed by atoms with E-state index in [-0.39, 0.29) is 23.9 Å². The summed E-state index contributed by atoms with van der Waals surface area (Å²) in [6.45, 7) is 6.30. The molecule has 96 valence electrons. The van der Waals surface area contributed by atoms with E-state index in [4.69, 9.17) is 0 Å². The van der Waals surface area contributed by atoms with Crippen LogP contribution in [0, 0.1) is 20.8 Å². The lowest BCUT2D eigenvalue weighted by atomic mass is 9.85. The van der Waals surface area contributed by atoms with E-state index < -0.39 is 0 Å². The Bertz CT molecular complexity index is 477. The Morgan fingerprint density at radius 1 is 1.00 bits per heavy atom. The van der Waals surface area contributed by atoms with Gasteiger partial charge in [-0.3, -0.25) is 9.59 Å². The Kier molecular flexibility index (Phi) is 3.65. The summed E-state index contributed by atoms with van der Waals surface area (Å²) in [7, 11) is 0. The van der Waals surface area contributed by atoms with E-state index in [1.807, 2.05) is 0 Å². The summed E-state index contributed by atoms with van der Waals surface area (Å²) in [6, 6.07) is 4.33. The van der Waals surface area contributed by atoms with Crippen LogP contribution in [0.4, 0.5) is 0 Å². The van der Waals surface area contributed by atoms with E-state index in [0.717, 1.165) is 6.42 Å². The van der Waals surface area contributed by atoms with Gasteiger partial charge >= 0.3 is 0 Å². The van der Waals surface area contributed by atoms with Crippen LogP contribution in [-0.2, 0) is 9.59 Å². The van der Waals surface area contributed by atoms with Gasteiger partial charge in [0.15, 0.2) is 0 Å². The fraction of sp³-hybridized carbons (Fsp3) is 0.500. The third-order valence-electron chi connectivity index (χ3n) is 3.79. The second kappa shape index (κ2) is 5.05. The average Bonchev–Trinajstić information content (AvgIpc) is 2.38. The van der Waals surface area contributed by atoms with Crippen LogP contribution in [0.1, 0.15) is 53.9 Å². The minimum Gasteiger partial charge on any atom is -0.299 e. The molecular formula is C16H20O2. The number of aryl methyl sites for hydroxylation is 3. The van der Waals surface area contributed by atoms with Gasteiger partial charge in [-0.1, -0.05) is 17.7 Å². The molecule has 1 saturated carbocycles. The van der Waals surface area contributed by atoms with E-state index in [9.17, 15) is 9.59 Å². The molecule has 2 heteroatoms. The van der Waals surface area contributed by atoms with Gasteiger partial charge in [0, 0.05) is 12.8 Å². The highest BCUT2D eigenvalue weighted by Crippen LogP contribution is 2.33. The second-order valence-corrected chi connectivity index (χ2v) is 5.51. The Morgan fingerprint density at radius 2 is 1.61 bits per heavy atom. The van der Waals surface area contributed by atoms with Crippen LogP contribution in [0.2, 0.25) is 0 Å². The molecule has 1 aromatic carbocycles. The van der Waals surface area contributed by atoms with Crippen molar-refractivity contribution < 1.29 is 9.59 Å². The third kappa shape index (κ3) is 2.69. The SMILES string of the molecule is Cc1cc(C)c(C2CCC(=O)CC(=O)C2)c(C)c1. The fourth-order valence-corrected chi connectivity index (χ4v) is 3.17. The summed E-state index contributed by atoms with van der Waals surface area (Å²) in [5.74, 6) is 0.427. The predicted octanol–water partition coefficient (Wildman–Crippen LogP) is 3.41. The molecule has 1 aromatic rings. The molecule has 2 nitrogen and oxygen atoms in total. The first kappa shape index (κ1) is 13.0. The van der Waals surface area contributed by atoms with Gasteiger partial charge in [0.1, 0.15) is 11.6 Å². The summed E-state index contributed by atoms with van der Waals surface area (Å²) in [4.78, 5) is 23.2. The van der Waals surface area contributed by atoms with Crippen molar-refractivity contribution in [2.45, 2.75) is 52.4 Å². The van der Waals surface area contributed by atoms with Gasteiger partial charge in [0.2, 0.25) is 0 Å². The van der Waals surface area contributed by atoms with Crippen LogP contribution in [0.25, 0.3) is 0 Å². The summed E-state index contributed by atoms with van der Waals surface area (Å²) in [5.41, 5.74) is 5.03. The van der Waals surface area contributed by atoms with E-state index in [0.29, 0.717) is 12.8 Å². The molecule has 0 radical (unpaired) electrons. The Labute approximate surface area is 108 Å². The smallest absolute Gasteiger partial charge is 0.140 e. The average molecular weight is 244 g/mol. The van der Waals surface area contributed by atoms with Crippen molar-refractivity contribution in [3.63, 3.8) is 0 Å². The first-order valence-corrected chi connectivity index (χ1v) is 6.58. The number of hydrogen-bond donors (Lipinski definition) is 0. The number of benzene rings is 1. The molecule has 2 rings (SSSR count). The molecule has 1 atom stereocenters. The number of carbonyl (C=O) groups excluding carboxylic acids is 2. The first-order chi connectivity index (χ1) is 8.47. The monoisotopic (exact) mass is 244 g/mol. The van der Waals surface area contributed by atoms with Crippen molar-refractivity contribution in [2.75, 3.05) is 0 Å². The van der Waals surface area contributed by atoms with Gasteiger partial charge in [-0.2, -0.15) is 0 Å². The predicted molar refractivity (Wildman–Crippen MR) is 71.9 cm³/mol. The third-order valence-corrected chi connectivity index (χ3v) is 3.79. The topological polar surface area (TPSA) is 34.1 Å². The molecule has 1 aliphatic carbocycles. The molecule has 0 spiro atoms. The highest BCUT2D eigenvalue weighted by atomic mass is 16.1. The number of rotatable bonds is 1. The Balaban J connectivity index is 2.36. The standard InChI is InChI=1S/C16H20O2/c1-10-6-11(2)16(12(3)7-10)13-4-5-14(17)9-15(18)8-13/h6-7,13H,4-5,8-9H2,1-3H3. The van der Waals surface area contributed by atoms with Crippen molar-refractivity contribution in [1.29, 1.82) is 0 Å². The molecule has 0 amide bonds. The number of ketones is 2. The zero-order valence-corrected chi connectivity index (χ0v) is 11.4. The molecule has 0 bridgehead atoms. The normalized spacial score (nSPS) is 20.9. The zero-order chi connectivity index (χ0) is 13.3. The summed E-state index contributed by atoms with van der Waals surface area (Å²) in [5, 5.41) is 0. The molecular weight excluding hydrogens is 224 g/mol. The molecule has 0 saturated heterocycles. The second-order valence-electron chi connectivity index (χ2n) is 5.51. The molecule has 1 fully saturated rings. The lowest BCUT2D eigenvalue weighted by Gasteiger charge is -2.19. The number of hydrogen-bond acceptors (Lipinski definition) is 2. The van der Waals surface area contributed by atoms with Crippen LogP contribution in [0.5, 0.6) is 0 Å². The van der Waals surface area contributed by atoms with Crippen LogP contribution in [0.15, 0.2) is 12.1 Å². The minimum atomic E-state index is 0.0990. The molecule has 0 N–H and O–H groups in total. The van der Waals surface area contributed by atoms with Crippen LogP contribution in [-0.4, -0.2) is 11.6 Å². The maximum Gasteiger partial charge on any atom is 0.140 e. The minimum absolute atomic E-state index is 0.0990. The van der Waals surface area contributed by atoms with Crippen molar-refractivity contribution in [2.24, 2.45) is 0 Å². The quantitative estimate of drug-likeness (QED) is 0.560. The van der Waals surface area contributed by atoms with Gasteiger partial charge < -0.3 is 0 Å². The molecule has 0 heterocycles. The van der Waals surface area contributed by atoms with Gasteiger partial charge in [-0.05, 0) is 49.8 Å². The first-order valence-electron chi connectivity index (χ1n) is 6.58. The lowest BCUT2D eigenvalue weighted by Crippen LogP contribution is -2.08. The van der Waals surface area contributed by atoms with Gasteiger partial charge in [-0.25, -0.2) is 0 Å². The molecule has 1 unspecified atom stereocenters. The van der Waals surface area contributed by atoms with Gasteiger partial charge in [-0.15, -0.1) is 0 Å². The van der Waals surface area contributed by atoms with E-state index in [1.54, 1.807) is 0 Å². The van der Waals surface area contributed by atoms with Crippen LogP contribution >= 0.6 is 0 Å². The van der Waals surface area contributed by atoms with E-state index in [1.165, 1.54) is 22.3 Å². The maximum atomic E-state index is 11.7. The van der Waals surface area contributed by atoms with Crippen molar-refractivity contribution in [3.8, 4) is 0 Å². The number of carbonyl (C=O) groups is 2. The Morgan fingerprint density at radius 3 is 2.22 bits per heavy atom. The zero-order valence-electron chi connectivity index (χ0n) is 11.4. The van der Waals surface area contributed by atoms with Crippen LogP contribution in [0.3, 0.4) is 0 Å². The van der Waals surface area contributed by atoms with E-state index >= 15 is 0 Å². The van der Waals surface area contributed by atoms with E-state index in [2.05, 4.69) is 32.9 Å². The summed E-state index contributed by atoms with van der Waals surface area (Å²) in [6.07, 6.45) is 2.02. The van der Waals surface area contributed by atoms with Crippen molar-refractivity contribution >= 4 is 11.6 Å². The lowest BCUT2D eigenvalue weighted by molar-refractivity contribution is -0.126. The summed E-state index contributed by atoms with van der Waals surface area (Å²) >= 11 is 0. The van der Waals surface area contributed by atoms with Crippen molar-refractivity contribution in [3.05, 3.63) is 34.4 Å². The van der Waals surface area contributed by atoms with Gasteiger partial charge in [0.25, 0.3) is 0 Å². The highest BCUT2D eigenvalue weighted by Gasteiger charge is 2.25. The fourth-order valence-electron chi connectivity index (χ4n) is 3.17. The largest absolute Gasteiger partial charge is 0.299 e. The molecule has 18 heavy (non-hydrogen) atoms. The highest BCUT2D eigenvalue weighted by molar-refractivity contribution is 6.00. The number of Topliss-reactive ketones (excluding diaryl/α,β-unsaturated/α-hetero) is 2. The van der Waals surface area contributed by atoms with Gasteiger partial charge in [0.05, 0.1) is 6.42 Å². The van der Waals surface area contributed by atoms with Crippen molar-refractivity contribution in [1.82, 2.24) is 0 Å². The summed E-state index contributed by atoms with van der Waals surface area (Å²) < 4.78 is 0. The molecule has 1 aliphatic rings. The van der Waals surface area contributed by atoms with Crippen LogP contribution < -0.4 is 0 Å². The molecule has 0 aromatic heterocycles. The Hall–Kier alpha value is -1.44.